The van der Waals surface area contributed by atoms with Crippen molar-refractivity contribution in [1.82, 2.24) is 4.90 Å². The Morgan fingerprint density at radius 1 is 1.09 bits per heavy atom. The Kier molecular flexibility index (Phi) is 4.36. The molecule has 1 heterocycles. The van der Waals surface area contributed by atoms with Crippen LogP contribution in [0.3, 0.4) is 0 Å². The normalized spacial score (nSPS) is 16.0. The van der Waals surface area contributed by atoms with Crippen molar-refractivity contribution >= 4 is 27.3 Å². The molecule has 0 saturated carbocycles. The Hall–Kier alpha value is -1.56. The second-order valence-electron chi connectivity index (χ2n) is 5.85. The van der Waals surface area contributed by atoms with Gasteiger partial charge in [0.1, 0.15) is 0 Å². The van der Waals surface area contributed by atoms with Gasteiger partial charge in [-0.15, -0.1) is 0 Å². The van der Waals surface area contributed by atoms with Crippen LogP contribution in [0.5, 0.6) is 0 Å². The molecular formula is C17H19ClN2O2S. The molecule has 3 rings (SSSR count). The number of aryl methyl sites for hydroxylation is 1. The van der Waals surface area contributed by atoms with Gasteiger partial charge in [0.25, 0.3) is 10.0 Å². The molecule has 2 aromatic carbocycles. The number of hydrogen-bond donors (Lipinski definition) is 0. The number of fused-ring (bicyclic) bond motifs is 1. The first-order valence-corrected chi connectivity index (χ1v) is 9.27. The molecule has 6 heteroatoms. The molecule has 0 radical (unpaired) electrons. The lowest BCUT2D eigenvalue weighted by Gasteiger charge is -2.25. The number of hydrogen-bond acceptors (Lipinski definition) is 3. The van der Waals surface area contributed by atoms with Crippen LogP contribution in [0.25, 0.3) is 0 Å². The summed E-state index contributed by atoms with van der Waals surface area (Å²) < 4.78 is 28.0. The van der Waals surface area contributed by atoms with Gasteiger partial charge in [-0.1, -0.05) is 35.9 Å². The van der Waals surface area contributed by atoms with Gasteiger partial charge in [-0.05, 0) is 43.3 Å². The van der Waals surface area contributed by atoms with Crippen molar-refractivity contribution in [2.24, 2.45) is 0 Å². The predicted octanol–water partition coefficient (Wildman–Crippen LogP) is 3.29. The summed E-state index contributed by atoms with van der Waals surface area (Å²) >= 11 is 6.03. The first kappa shape index (κ1) is 16.3. The summed E-state index contributed by atoms with van der Waals surface area (Å²) in [4.78, 5) is 2.39. The molecule has 2 aromatic rings. The Morgan fingerprint density at radius 2 is 1.83 bits per heavy atom. The quantitative estimate of drug-likeness (QED) is 0.834. The van der Waals surface area contributed by atoms with Gasteiger partial charge in [0.05, 0.1) is 10.6 Å². The van der Waals surface area contributed by atoms with E-state index in [0.29, 0.717) is 23.7 Å². The van der Waals surface area contributed by atoms with Crippen molar-refractivity contribution in [2.45, 2.75) is 18.4 Å². The zero-order chi connectivity index (χ0) is 16.6. The van der Waals surface area contributed by atoms with Crippen LogP contribution in [-0.4, -0.2) is 33.5 Å². The van der Waals surface area contributed by atoms with Gasteiger partial charge in [0, 0.05) is 24.7 Å². The molecule has 0 amide bonds. The van der Waals surface area contributed by atoms with Crippen molar-refractivity contribution in [3.8, 4) is 0 Å². The maximum absolute atomic E-state index is 13.2. The zero-order valence-electron chi connectivity index (χ0n) is 13.2. The smallest absolute Gasteiger partial charge is 0.264 e. The van der Waals surface area contributed by atoms with Crippen molar-refractivity contribution in [1.29, 1.82) is 0 Å². The number of benzene rings is 2. The average Bonchev–Trinajstić information content (AvgIpc) is 2.68. The van der Waals surface area contributed by atoms with E-state index in [1.807, 2.05) is 31.3 Å². The molecule has 4 nitrogen and oxygen atoms in total. The fourth-order valence-corrected chi connectivity index (χ4v) is 4.84. The van der Waals surface area contributed by atoms with E-state index in [1.54, 1.807) is 19.1 Å². The predicted molar refractivity (Wildman–Crippen MR) is 93.5 cm³/mol. The molecule has 122 valence electrons. The van der Waals surface area contributed by atoms with Crippen LogP contribution < -0.4 is 4.31 Å². The van der Waals surface area contributed by atoms with Crippen LogP contribution in [0.2, 0.25) is 5.02 Å². The second kappa shape index (κ2) is 6.15. The Labute approximate surface area is 142 Å². The third-order valence-corrected chi connectivity index (χ3v) is 6.29. The number of sulfonamides is 1. The Bertz CT molecular complexity index is 836. The van der Waals surface area contributed by atoms with Crippen LogP contribution in [-0.2, 0) is 16.6 Å². The highest BCUT2D eigenvalue weighted by atomic mass is 35.5. The monoisotopic (exact) mass is 350 g/mol. The fourth-order valence-electron chi connectivity index (χ4n) is 2.86. The molecule has 0 N–H and O–H groups in total. The lowest BCUT2D eigenvalue weighted by molar-refractivity contribution is 0.344. The number of rotatable bonds is 2. The van der Waals surface area contributed by atoms with Crippen LogP contribution in [0.1, 0.15) is 11.1 Å². The van der Waals surface area contributed by atoms with E-state index in [4.69, 9.17) is 11.6 Å². The van der Waals surface area contributed by atoms with E-state index in [0.717, 1.165) is 17.8 Å². The fraction of sp³-hybridized carbons (Fsp3) is 0.294. The number of nitrogens with zero attached hydrogens (tertiary/aromatic N) is 2. The highest BCUT2D eigenvalue weighted by molar-refractivity contribution is 7.92. The molecule has 0 aromatic heterocycles. The highest BCUT2D eigenvalue weighted by Crippen LogP contribution is 2.31. The molecule has 0 atom stereocenters. The molecule has 0 spiro atoms. The van der Waals surface area contributed by atoms with Crippen LogP contribution in [0, 0.1) is 6.92 Å². The van der Waals surface area contributed by atoms with E-state index in [2.05, 4.69) is 4.90 Å². The Balaban J connectivity index is 2.15. The van der Waals surface area contributed by atoms with E-state index in [1.165, 1.54) is 10.4 Å². The molecule has 23 heavy (non-hydrogen) atoms. The lowest BCUT2D eigenvalue weighted by atomic mass is 10.2. The molecule has 0 aliphatic carbocycles. The highest BCUT2D eigenvalue weighted by Gasteiger charge is 2.30. The van der Waals surface area contributed by atoms with Crippen molar-refractivity contribution < 1.29 is 8.42 Å². The third-order valence-electron chi connectivity index (χ3n) is 4.10. The van der Waals surface area contributed by atoms with Crippen molar-refractivity contribution in [3.05, 3.63) is 58.6 Å². The van der Waals surface area contributed by atoms with Gasteiger partial charge >= 0.3 is 0 Å². The molecule has 0 fully saturated rings. The van der Waals surface area contributed by atoms with E-state index in [-0.39, 0.29) is 4.90 Å². The molecule has 0 unspecified atom stereocenters. The molecule has 0 saturated heterocycles. The summed E-state index contributed by atoms with van der Waals surface area (Å²) in [5.41, 5.74) is 2.46. The summed E-state index contributed by atoms with van der Waals surface area (Å²) in [5, 5.41) is 0.425. The SMILES string of the molecule is Cc1ccc(Cl)cc1S(=O)(=O)N1CCN(C)Cc2ccccc21. The molecule has 0 bridgehead atoms. The van der Waals surface area contributed by atoms with E-state index >= 15 is 0 Å². The van der Waals surface area contributed by atoms with Crippen LogP contribution in [0.15, 0.2) is 47.4 Å². The summed E-state index contributed by atoms with van der Waals surface area (Å²) in [6.45, 7) is 3.62. The molecule has 1 aliphatic heterocycles. The maximum Gasteiger partial charge on any atom is 0.264 e. The second-order valence-corrected chi connectivity index (χ2v) is 8.12. The number of likely N-dealkylation sites (N-methyl/N-ethyl adjacent to an activating group) is 1. The van der Waals surface area contributed by atoms with Gasteiger partial charge in [-0.25, -0.2) is 8.42 Å². The van der Waals surface area contributed by atoms with Crippen LogP contribution in [0.4, 0.5) is 5.69 Å². The summed E-state index contributed by atoms with van der Waals surface area (Å²) in [6, 6.07) is 12.6. The number of para-hydroxylation sites is 1. The number of anilines is 1. The van der Waals surface area contributed by atoms with Gasteiger partial charge in [-0.3, -0.25) is 4.31 Å². The minimum atomic E-state index is -3.65. The van der Waals surface area contributed by atoms with Gasteiger partial charge in [0.15, 0.2) is 0 Å². The lowest BCUT2D eigenvalue weighted by Crippen LogP contribution is -2.35. The average molecular weight is 351 g/mol. The van der Waals surface area contributed by atoms with E-state index < -0.39 is 10.0 Å². The Morgan fingerprint density at radius 3 is 2.61 bits per heavy atom. The first-order chi connectivity index (χ1) is 10.9. The summed E-state index contributed by atoms with van der Waals surface area (Å²) in [6.07, 6.45) is 0. The third kappa shape index (κ3) is 3.09. The van der Waals surface area contributed by atoms with Gasteiger partial charge < -0.3 is 4.90 Å². The molecule has 1 aliphatic rings. The zero-order valence-corrected chi connectivity index (χ0v) is 14.7. The van der Waals surface area contributed by atoms with Crippen LogP contribution >= 0.6 is 11.6 Å². The molecular weight excluding hydrogens is 332 g/mol. The van der Waals surface area contributed by atoms with Gasteiger partial charge in [0.2, 0.25) is 0 Å². The first-order valence-electron chi connectivity index (χ1n) is 7.45. The maximum atomic E-state index is 13.2. The largest absolute Gasteiger partial charge is 0.300 e. The van der Waals surface area contributed by atoms with E-state index in [9.17, 15) is 8.42 Å². The van der Waals surface area contributed by atoms with Crippen molar-refractivity contribution in [2.75, 3.05) is 24.4 Å². The minimum Gasteiger partial charge on any atom is -0.300 e. The van der Waals surface area contributed by atoms with Gasteiger partial charge in [-0.2, -0.15) is 0 Å². The number of halogens is 1. The summed E-state index contributed by atoms with van der Waals surface area (Å²) in [7, 11) is -1.66. The van der Waals surface area contributed by atoms with Crippen molar-refractivity contribution in [3.63, 3.8) is 0 Å². The summed E-state index contributed by atoms with van der Waals surface area (Å²) in [5.74, 6) is 0. The standard InChI is InChI=1S/C17H19ClN2O2S/c1-13-7-8-15(18)11-17(13)23(21,22)20-10-9-19(2)12-14-5-3-4-6-16(14)20/h3-8,11H,9-10,12H2,1-2H3. The minimum absolute atomic E-state index is 0.268. The topological polar surface area (TPSA) is 40.6 Å².